The predicted octanol–water partition coefficient (Wildman–Crippen LogP) is 0.723. The first kappa shape index (κ1) is 12.5. The summed E-state index contributed by atoms with van der Waals surface area (Å²) in [5.41, 5.74) is 1.18. The number of amides is 1. The lowest BCUT2D eigenvalue weighted by Gasteiger charge is -2.33. The number of hydrogen-bond acceptors (Lipinski definition) is 4. The van der Waals surface area contributed by atoms with E-state index in [1.165, 1.54) is 4.90 Å². The van der Waals surface area contributed by atoms with Crippen LogP contribution in [0.3, 0.4) is 0 Å². The monoisotopic (exact) mass is 274 g/mol. The smallest absolute Gasteiger partial charge is 0.407 e. The van der Waals surface area contributed by atoms with Crippen LogP contribution in [0.2, 0.25) is 0 Å². The average Bonchev–Trinajstić information content (AvgIpc) is 2.46. The van der Waals surface area contributed by atoms with Crippen molar-refractivity contribution in [2.45, 2.75) is 0 Å². The maximum atomic E-state index is 12.1. The molecule has 2 heterocycles. The lowest BCUT2D eigenvalue weighted by molar-refractivity contribution is 0.142. The molecule has 0 atom stereocenters. The molecule has 7 heteroatoms. The molecule has 1 aliphatic heterocycles. The Bertz CT molecular complexity index is 704. The standard InChI is InChI=1S/C13H14N4O3/c18-12-11(14-9-3-1-2-4-10(9)15-12)16-5-7-17(8-6-16)13(19)20/h1-4H,5-8H2,(H,15,18)(H,19,20). The van der Waals surface area contributed by atoms with Gasteiger partial charge in [0.25, 0.3) is 5.56 Å². The van der Waals surface area contributed by atoms with Gasteiger partial charge in [0.05, 0.1) is 11.0 Å². The van der Waals surface area contributed by atoms with Gasteiger partial charge >= 0.3 is 6.09 Å². The minimum absolute atomic E-state index is 0.243. The van der Waals surface area contributed by atoms with Crippen LogP contribution < -0.4 is 10.5 Å². The summed E-state index contributed by atoms with van der Waals surface area (Å²) in [6, 6.07) is 7.34. The minimum atomic E-state index is -0.926. The summed E-state index contributed by atoms with van der Waals surface area (Å²) in [7, 11) is 0. The number of nitrogens with one attached hydrogen (secondary N) is 1. The van der Waals surface area contributed by atoms with E-state index < -0.39 is 6.09 Å². The van der Waals surface area contributed by atoms with Gasteiger partial charge in [0.15, 0.2) is 5.82 Å². The third kappa shape index (κ3) is 2.18. The van der Waals surface area contributed by atoms with Gasteiger partial charge in [-0.3, -0.25) is 4.79 Å². The lowest BCUT2D eigenvalue weighted by atomic mass is 10.3. The molecule has 1 aromatic heterocycles. The predicted molar refractivity (Wildman–Crippen MR) is 74.2 cm³/mol. The second-order valence-corrected chi connectivity index (χ2v) is 4.66. The van der Waals surface area contributed by atoms with Crippen LogP contribution in [-0.2, 0) is 0 Å². The van der Waals surface area contributed by atoms with Crippen molar-refractivity contribution in [2.75, 3.05) is 31.1 Å². The van der Waals surface area contributed by atoms with Crippen LogP contribution in [0, 0.1) is 0 Å². The zero-order valence-electron chi connectivity index (χ0n) is 10.7. The highest BCUT2D eigenvalue weighted by Gasteiger charge is 2.23. The summed E-state index contributed by atoms with van der Waals surface area (Å²) in [6.45, 7) is 1.70. The van der Waals surface area contributed by atoms with Gasteiger partial charge < -0.3 is 19.9 Å². The number of aromatic amines is 1. The molecule has 0 unspecified atom stereocenters. The average molecular weight is 274 g/mol. The number of hydrogen-bond donors (Lipinski definition) is 2. The zero-order valence-corrected chi connectivity index (χ0v) is 10.7. The summed E-state index contributed by atoms with van der Waals surface area (Å²) >= 11 is 0. The summed E-state index contributed by atoms with van der Waals surface area (Å²) in [4.78, 5) is 33.3. The Balaban J connectivity index is 1.89. The molecule has 1 saturated heterocycles. The molecule has 0 aliphatic carbocycles. The zero-order chi connectivity index (χ0) is 14.1. The van der Waals surface area contributed by atoms with E-state index in [2.05, 4.69) is 9.97 Å². The third-order valence-electron chi connectivity index (χ3n) is 3.43. The Kier molecular flexibility index (Phi) is 3.02. The fraction of sp³-hybridized carbons (Fsp3) is 0.308. The number of aromatic nitrogens is 2. The quantitative estimate of drug-likeness (QED) is 0.800. The highest BCUT2D eigenvalue weighted by molar-refractivity contribution is 5.75. The summed E-state index contributed by atoms with van der Waals surface area (Å²) in [6.07, 6.45) is -0.926. The van der Waals surface area contributed by atoms with E-state index in [0.717, 1.165) is 5.52 Å². The number of anilines is 1. The van der Waals surface area contributed by atoms with Gasteiger partial charge in [-0.2, -0.15) is 0 Å². The maximum Gasteiger partial charge on any atom is 0.407 e. The van der Waals surface area contributed by atoms with Crippen LogP contribution in [0.5, 0.6) is 0 Å². The Morgan fingerprint density at radius 1 is 1.20 bits per heavy atom. The molecule has 1 aliphatic rings. The number of piperazine rings is 1. The van der Waals surface area contributed by atoms with Crippen molar-refractivity contribution in [1.82, 2.24) is 14.9 Å². The molecule has 104 valence electrons. The SMILES string of the molecule is O=C(O)N1CCN(c2nc3ccccc3[nH]c2=O)CC1. The molecule has 3 rings (SSSR count). The Labute approximate surface area is 114 Å². The number of nitrogens with zero attached hydrogens (tertiary/aromatic N) is 3. The molecule has 1 amide bonds. The third-order valence-corrected chi connectivity index (χ3v) is 3.43. The second kappa shape index (κ2) is 4.84. The molecule has 2 N–H and O–H groups in total. The van der Waals surface area contributed by atoms with Crippen molar-refractivity contribution in [2.24, 2.45) is 0 Å². The number of H-pyrrole nitrogens is 1. The molecule has 20 heavy (non-hydrogen) atoms. The topological polar surface area (TPSA) is 89.5 Å². The molecular formula is C13H14N4O3. The molecule has 2 aromatic rings. The van der Waals surface area contributed by atoms with Gasteiger partial charge in [0, 0.05) is 26.2 Å². The van der Waals surface area contributed by atoms with E-state index in [0.29, 0.717) is 37.5 Å². The maximum absolute atomic E-state index is 12.1. The Morgan fingerprint density at radius 3 is 2.60 bits per heavy atom. The van der Waals surface area contributed by atoms with Gasteiger partial charge in [-0.05, 0) is 12.1 Å². The van der Waals surface area contributed by atoms with Crippen molar-refractivity contribution >= 4 is 22.9 Å². The minimum Gasteiger partial charge on any atom is -0.465 e. The first-order valence-corrected chi connectivity index (χ1v) is 6.37. The summed E-state index contributed by atoms with van der Waals surface area (Å²) in [5, 5.41) is 8.91. The van der Waals surface area contributed by atoms with Crippen LogP contribution in [0.25, 0.3) is 11.0 Å². The normalized spacial score (nSPS) is 15.6. The van der Waals surface area contributed by atoms with Crippen LogP contribution >= 0.6 is 0 Å². The van der Waals surface area contributed by atoms with Gasteiger partial charge in [0.1, 0.15) is 0 Å². The summed E-state index contributed by atoms with van der Waals surface area (Å²) in [5.74, 6) is 0.355. The van der Waals surface area contributed by atoms with Crippen molar-refractivity contribution in [3.63, 3.8) is 0 Å². The lowest BCUT2D eigenvalue weighted by Crippen LogP contribution is -2.49. The van der Waals surface area contributed by atoms with Crippen molar-refractivity contribution in [3.8, 4) is 0 Å². The number of carbonyl (C=O) groups is 1. The number of rotatable bonds is 1. The largest absolute Gasteiger partial charge is 0.465 e. The molecule has 0 bridgehead atoms. The van der Waals surface area contributed by atoms with Crippen LogP contribution in [0.1, 0.15) is 0 Å². The van der Waals surface area contributed by atoms with Crippen molar-refractivity contribution in [3.05, 3.63) is 34.6 Å². The fourth-order valence-electron chi connectivity index (χ4n) is 2.34. The second-order valence-electron chi connectivity index (χ2n) is 4.66. The van der Waals surface area contributed by atoms with E-state index in [1.807, 2.05) is 23.1 Å². The highest BCUT2D eigenvalue weighted by Crippen LogP contribution is 2.13. The molecular weight excluding hydrogens is 260 g/mol. The van der Waals surface area contributed by atoms with E-state index in [-0.39, 0.29) is 5.56 Å². The molecule has 0 spiro atoms. The van der Waals surface area contributed by atoms with E-state index in [4.69, 9.17) is 5.11 Å². The van der Waals surface area contributed by atoms with Gasteiger partial charge in [-0.25, -0.2) is 9.78 Å². The van der Waals surface area contributed by atoms with Gasteiger partial charge in [-0.1, -0.05) is 12.1 Å². The number of fused-ring (bicyclic) bond motifs is 1. The van der Waals surface area contributed by atoms with Crippen molar-refractivity contribution in [1.29, 1.82) is 0 Å². The van der Waals surface area contributed by atoms with Crippen molar-refractivity contribution < 1.29 is 9.90 Å². The van der Waals surface area contributed by atoms with Gasteiger partial charge in [-0.15, -0.1) is 0 Å². The fourth-order valence-corrected chi connectivity index (χ4v) is 2.34. The molecule has 0 radical (unpaired) electrons. The Hall–Kier alpha value is -2.57. The number of carboxylic acid groups (broad SMARTS) is 1. The molecule has 7 nitrogen and oxygen atoms in total. The van der Waals surface area contributed by atoms with Crippen LogP contribution in [0.15, 0.2) is 29.1 Å². The molecule has 1 fully saturated rings. The van der Waals surface area contributed by atoms with Gasteiger partial charge in [0.2, 0.25) is 0 Å². The first-order chi connectivity index (χ1) is 9.65. The Morgan fingerprint density at radius 2 is 1.90 bits per heavy atom. The first-order valence-electron chi connectivity index (χ1n) is 6.37. The highest BCUT2D eigenvalue weighted by atomic mass is 16.4. The van der Waals surface area contributed by atoms with E-state index >= 15 is 0 Å². The number of para-hydroxylation sites is 2. The molecule has 1 aromatic carbocycles. The summed E-state index contributed by atoms with van der Waals surface area (Å²) < 4.78 is 0. The number of benzene rings is 1. The van der Waals surface area contributed by atoms with E-state index in [1.54, 1.807) is 6.07 Å². The van der Waals surface area contributed by atoms with E-state index in [9.17, 15) is 9.59 Å². The van der Waals surface area contributed by atoms with Crippen LogP contribution in [-0.4, -0.2) is 52.2 Å². The van der Waals surface area contributed by atoms with Crippen LogP contribution in [0.4, 0.5) is 10.6 Å². The molecule has 0 saturated carbocycles.